The first-order valence-corrected chi connectivity index (χ1v) is 10.4. The van der Waals surface area contributed by atoms with Crippen molar-refractivity contribution >= 4 is 29.4 Å². The minimum atomic E-state index is -0.425. The summed E-state index contributed by atoms with van der Waals surface area (Å²) in [4.78, 5) is 37.9. The van der Waals surface area contributed by atoms with Crippen molar-refractivity contribution in [3.8, 4) is 5.75 Å². The Morgan fingerprint density at radius 3 is 2.53 bits per heavy atom. The molecule has 1 N–H and O–H groups in total. The maximum atomic E-state index is 12.7. The zero-order valence-corrected chi connectivity index (χ0v) is 17.7. The second kappa shape index (κ2) is 10.3. The molecule has 0 aliphatic carbocycles. The monoisotopic (exact) mass is 428 g/mol. The molecule has 158 valence electrons. The highest BCUT2D eigenvalue weighted by Crippen LogP contribution is 2.19. The number of rotatable bonds is 6. The lowest BCUT2D eigenvalue weighted by molar-refractivity contribution is -0.131. The van der Waals surface area contributed by atoms with Gasteiger partial charge in [-0.25, -0.2) is 0 Å². The molecule has 0 aromatic heterocycles. The van der Waals surface area contributed by atoms with Gasteiger partial charge >= 0.3 is 5.97 Å². The number of hydrogen-bond donors (Lipinski definition) is 1. The van der Waals surface area contributed by atoms with E-state index >= 15 is 0 Å². The van der Waals surface area contributed by atoms with Crippen LogP contribution < -0.4 is 10.1 Å². The van der Waals surface area contributed by atoms with Crippen molar-refractivity contribution in [2.45, 2.75) is 38.6 Å². The molecular weight excluding hydrogens is 404 g/mol. The predicted molar refractivity (Wildman–Crippen MR) is 115 cm³/mol. The largest absolute Gasteiger partial charge is 0.427 e. The Labute approximate surface area is 181 Å². The van der Waals surface area contributed by atoms with E-state index in [1.807, 2.05) is 24.3 Å². The molecule has 1 aliphatic heterocycles. The number of likely N-dealkylation sites (tertiary alicyclic amines) is 1. The quantitative estimate of drug-likeness (QED) is 0.563. The molecule has 2 aromatic carbocycles. The number of aryl methyl sites for hydroxylation is 1. The van der Waals surface area contributed by atoms with Gasteiger partial charge in [0.15, 0.2) is 0 Å². The first-order chi connectivity index (χ1) is 14.4. The van der Waals surface area contributed by atoms with E-state index in [0.717, 1.165) is 5.56 Å². The van der Waals surface area contributed by atoms with E-state index in [1.165, 1.54) is 6.92 Å². The van der Waals surface area contributed by atoms with Crippen LogP contribution in [-0.2, 0) is 16.0 Å². The molecule has 3 rings (SSSR count). The molecule has 1 saturated heterocycles. The van der Waals surface area contributed by atoms with Crippen LogP contribution in [0.1, 0.15) is 42.1 Å². The van der Waals surface area contributed by atoms with E-state index in [-0.39, 0.29) is 17.9 Å². The lowest BCUT2D eigenvalue weighted by atomic mass is 10.0. The molecule has 0 spiro atoms. The molecule has 1 aliphatic rings. The summed E-state index contributed by atoms with van der Waals surface area (Å²) in [5.41, 5.74) is 1.45. The maximum Gasteiger partial charge on any atom is 0.308 e. The van der Waals surface area contributed by atoms with Crippen LogP contribution in [0.4, 0.5) is 0 Å². The van der Waals surface area contributed by atoms with Gasteiger partial charge in [-0.05, 0) is 49.1 Å². The highest BCUT2D eigenvalue weighted by atomic mass is 35.5. The summed E-state index contributed by atoms with van der Waals surface area (Å²) in [5, 5.41) is 3.74. The van der Waals surface area contributed by atoms with Gasteiger partial charge in [0.2, 0.25) is 5.91 Å². The van der Waals surface area contributed by atoms with Crippen LogP contribution >= 0.6 is 11.6 Å². The predicted octanol–water partition coefficient (Wildman–Crippen LogP) is 3.62. The standard InChI is InChI=1S/C23H25ClN2O4/c1-16(27)30-20-7-4-6-18(15-20)23(29)26-13-11-19(12-14-26)25-22(28)10-9-17-5-2-3-8-21(17)24/h2-8,15,19H,9-14H2,1H3,(H,25,28). The second-order valence-electron chi connectivity index (χ2n) is 7.35. The van der Waals surface area contributed by atoms with Crippen LogP contribution in [0.5, 0.6) is 5.75 Å². The third-order valence-corrected chi connectivity index (χ3v) is 5.44. The number of benzene rings is 2. The van der Waals surface area contributed by atoms with Gasteiger partial charge in [0.1, 0.15) is 5.75 Å². The molecule has 2 amide bonds. The summed E-state index contributed by atoms with van der Waals surface area (Å²) < 4.78 is 5.05. The van der Waals surface area contributed by atoms with Gasteiger partial charge in [-0.1, -0.05) is 35.9 Å². The van der Waals surface area contributed by atoms with Gasteiger partial charge in [0.25, 0.3) is 5.91 Å². The number of piperidine rings is 1. The second-order valence-corrected chi connectivity index (χ2v) is 7.75. The van der Waals surface area contributed by atoms with E-state index in [4.69, 9.17) is 16.3 Å². The molecule has 2 aromatic rings. The van der Waals surface area contributed by atoms with Gasteiger partial charge in [-0.15, -0.1) is 0 Å². The third-order valence-electron chi connectivity index (χ3n) is 5.07. The Kier molecular flexibility index (Phi) is 7.46. The van der Waals surface area contributed by atoms with Crippen molar-refractivity contribution < 1.29 is 19.1 Å². The number of nitrogens with one attached hydrogen (secondary N) is 1. The number of esters is 1. The number of hydrogen-bond acceptors (Lipinski definition) is 4. The zero-order valence-electron chi connectivity index (χ0n) is 16.9. The number of ether oxygens (including phenoxy) is 1. The average Bonchev–Trinajstić information content (AvgIpc) is 2.73. The average molecular weight is 429 g/mol. The fourth-order valence-electron chi connectivity index (χ4n) is 3.52. The minimum absolute atomic E-state index is 0.00576. The van der Waals surface area contributed by atoms with E-state index in [9.17, 15) is 14.4 Å². The molecule has 0 bridgehead atoms. The SMILES string of the molecule is CC(=O)Oc1cccc(C(=O)N2CCC(NC(=O)CCc3ccccc3Cl)CC2)c1. The Balaban J connectivity index is 1.46. The van der Waals surface area contributed by atoms with Crippen LogP contribution in [0.2, 0.25) is 5.02 Å². The Hall–Kier alpha value is -2.86. The molecule has 6 nitrogen and oxygen atoms in total. The van der Waals surface area contributed by atoms with Crippen molar-refractivity contribution in [2.24, 2.45) is 0 Å². The Morgan fingerprint density at radius 2 is 1.83 bits per heavy atom. The van der Waals surface area contributed by atoms with Crippen molar-refractivity contribution in [2.75, 3.05) is 13.1 Å². The van der Waals surface area contributed by atoms with Crippen molar-refractivity contribution in [1.82, 2.24) is 10.2 Å². The Morgan fingerprint density at radius 1 is 1.10 bits per heavy atom. The number of amides is 2. The topological polar surface area (TPSA) is 75.7 Å². The van der Waals surface area contributed by atoms with Crippen molar-refractivity contribution in [1.29, 1.82) is 0 Å². The molecule has 0 saturated carbocycles. The van der Waals surface area contributed by atoms with E-state index in [2.05, 4.69) is 5.32 Å². The zero-order chi connectivity index (χ0) is 21.5. The van der Waals surface area contributed by atoms with Crippen molar-refractivity contribution in [3.05, 3.63) is 64.7 Å². The number of carbonyl (C=O) groups excluding carboxylic acids is 3. The summed E-state index contributed by atoms with van der Waals surface area (Å²) in [5.74, 6) is -0.180. The van der Waals surface area contributed by atoms with E-state index in [0.29, 0.717) is 55.1 Å². The molecule has 30 heavy (non-hydrogen) atoms. The summed E-state index contributed by atoms with van der Waals surface area (Å²) in [6.45, 7) is 2.44. The molecule has 0 radical (unpaired) electrons. The highest BCUT2D eigenvalue weighted by Gasteiger charge is 2.25. The summed E-state index contributed by atoms with van der Waals surface area (Å²) in [7, 11) is 0. The lowest BCUT2D eigenvalue weighted by Crippen LogP contribution is -2.46. The minimum Gasteiger partial charge on any atom is -0.427 e. The van der Waals surface area contributed by atoms with Gasteiger partial charge in [0.05, 0.1) is 0 Å². The lowest BCUT2D eigenvalue weighted by Gasteiger charge is -2.32. The van der Waals surface area contributed by atoms with Gasteiger partial charge < -0.3 is 15.0 Å². The molecule has 0 unspecified atom stereocenters. The van der Waals surface area contributed by atoms with Crippen LogP contribution in [0.3, 0.4) is 0 Å². The first kappa shape index (κ1) is 21.8. The fraction of sp³-hybridized carbons (Fsp3) is 0.348. The van der Waals surface area contributed by atoms with E-state index in [1.54, 1.807) is 29.2 Å². The molecule has 7 heteroatoms. The highest BCUT2D eigenvalue weighted by molar-refractivity contribution is 6.31. The van der Waals surface area contributed by atoms with Crippen molar-refractivity contribution in [3.63, 3.8) is 0 Å². The normalized spacial score (nSPS) is 14.3. The van der Waals surface area contributed by atoms with E-state index < -0.39 is 5.97 Å². The van der Waals surface area contributed by atoms with Gasteiger partial charge in [-0.3, -0.25) is 14.4 Å². The van der Waals surface area contributed by atoms with Gasteiger partial charge in [0, 0.05) is 43.1 Å². The summed E-state index contributed by atoms with van der Waals surface area (Å²) in [6.07, 6.45) is 2.38. The molecule has 0 atom stereocenters. The van der Waals surface area contributed by atoms with Gasteiger partial charge in [-0.2, -0.15) is 0 Å². The fourth-order valence-corrected chi connectivity index (χ4v) is 3.75. The van der Waals surface area contributed by atoms with Crippen LogP contribution in [0.15, 0.2) is 48.5 Å². The maximum absolute atomic E-state index is 12.7. The van der Waals surface area contributed by atoms with Crippen LogP contribution in [0.25, 0.3) is 0 Å². The molecular formula is C23H25ClN2O4. The first-order valence-electron chi connectivity index (χ1n) is 10.0. The smallest absolute Gasteiger partial charge is 0.308 e. The molecule has 1 fully saturated rings. The number of halogens is 1. The Bertz CT molecular complexity index is 923. The number of carbonyl (C=O) groups is 3. The number of nitrogens with zero attached hydrogens (tertiary/aromatic N) is 1. The molecule has 1 heterocycles. The van der Waals surface area contributed by atoms with Crippen LogP contribution in [-0.4, -0.2) is 41.8 Å². The third kappa shape index (κ3) is 6.07. The summed E-state index contributed by atoms with van der Waals surface area (Å²) >= 11 is 6.14. The van der Waals surface area contributed by atoms with Crippen LogP contribution in [0, 0.1) is 0 Å². The summed E-state index contributed by atoms with van der Waals surface area (Å²) in [6, 6.07) is 14.2.